The molecule has 0 aromatic carbocycles. The van der Waals surface area contributed by atoms with Crippen LogP contribution in [0.15, 0.2) is 6.20 Å². The van der Waals surface area contributed by atoms with Crippen LogP contribution < -0.4 is 0 Å². The zero-order valence-electron chi connectivity index (χ0n) is 13.4. The summed E-state index contributed by atoms with van der Waals surface area (Å²) < 4.78 is 0. The molecule has 1 heterocycles. The molecular weight excluding hydrogens is 274 g/mol. The fraction of sp³-hybridized carbons (Fsp3) is 0.667. The van der Waals surface area contributed by atoms with Crippen molar-refractivity contribution in [2.75, 3.05) is 7.05 Å². The van der Waals surface area contributed by atoms with Crippen LogP contribution in [0.5, 0.6) is 0 Å². The van der Waals surface area contributed by atoms with Gasteiger partial charge in [0.15, 0.2) is 5.69 Å². The minimum Gasteiger partial charge on any atom is -0.337 e. The molecule has 0 N–H and O–H groups in total. The normalized spacial score (nSPS) is 13.4. The van der Waals surface area contributed by atoms with Crippen LogP contribution in [0.1, 0.15) is 63.8 Å². The van der Waals surface area contributed by atoms with Crippen LogP contribution in [-0.2, 0) is 0 Å². The fourth-order valence-corrected chi connectivity index (χ4v) is 1.90. The van der Waals surface area contributed by atoms with E-state index in [-0.39, 0.29) is 29.0 Å². The van der Waals surface area contributed by atoms with Crippen LogP contribution in [-0.4, -0.2) is 33.9 Å². The van der Waals surface area contributed by atoms with Crippen molar-refractivity contribution < 1.29 is 4.79 Å². The molecular formula is C15H24ClN3O. The number of hydrogen-bond donors (Lipinski definition) is 0. The van der Waals surface area contributed by atoms with Crippen molar-refractivity contribution in [3.05, 3.63) is 22.7 Å². The van der Waals surface area contributed by atoms with Gasteiger partial charge in [0, 0.05) is 19.0 Å². The predicted molar refractivity (Wildman–Crippen MR) is 82.1 cm³/mol. The number of rotatable bonds is 3. The summed E-state index contributed by atoms with van der Waals surface area (Å²) in [7, 11) is 1.78. The highest BCUT2D eigenvalue weighted by Gasteiger charge is 2.29. The largest absolute Gasteiger partial charge is 0.337 e. The lowest BCUT2D eigenvalue weighted by Gasteiger charge is -2.35. The zero-order chi connectivity index (χ0) is 15.7. The van der Waals surface area contributed by atoms with Crippen molar-refractivity contribution in [1.29, 1.82) is 0 Å². The zero-order valence-corrected chi connectivity index (χ0v) is 14.1. The summed E-state index contributed by atoms with van der Waals surface area (Å²) in [5, 5.41) is 0.298. The fourth-order valence-electron chi connectivity index (χ4n) is 1.73. The predicted octanol–water partition coefficient (Wildman–Crippen LogP) is 3.76. The van der Waals surface area contributed by atoms with Crippen LogP contribution in [0.3, 0.4) is 0 Å². The third-order valence-electron chi connectivity index (χ3n) is 3.64. The maximum Gasteiger partial charge on any atom is 0.274 e. The molecule has 1 aromatic heterocycles. The van der Waals surface area contributed by atoms with Crippen molar-refractivity contribution in [2.24, 2.45) is 5.41 Å². The summed E-state index contributed by atoms with van der Waals surface area (Å²) >= 11 is 6.09. The van der Waals surface area contributed by atoms with E-state index in [1.807, 2.05) is 20.8 Å². The SMILES string of the molecule is CC(C)c1ncc(Cl)c(C(=O)N(C)C(C)C(C)(C)C)n1. The molecule has 4 nitrogen and oxygen atoms in total. The van der Waals surface area contributed by atoms with Gasteiger partial charge in [-0.3, -0.25) is 4.79 Å². The number of hydrogen-bond acceptors (Lipinski definition) is 3. The molecule has 1 amide bonds. The second-order valence-electron chi connectivity index (χ2n) is 6.54. The van der Waals surface area contributed by atoms with E-state index in [0.717, 1.165) is 0 Å². The molecule has 0 fully saturated rings. The maximum atomic E-state index is 12.6. The molecule has 1 aromatic rings. The third kappa shape index (κ3) is 3.69. The van der Waals surface area contributed by atoms with E-state index in [9.17, 15) is 4.79 Å². The van der Waals surface area contributed by atoms with Crippen molar-refractivity contribution >= 4 is 17.5 Å². The average molecular weight is 298 g/mol. The van der Waals surface area contributed by atoms with Gasteiger partial charge in [-0.2, -0.15) is 0 Å². The molecule has 0 bridgehead atoms. The Hall–Kier alpha value is -1.16. The topological polar surface area (TPSA) is 46.1 Å². The monoisotopic (exact) mass is 297 g/mol. The molecule has 0 radical (unpaired) electrons. The number of nitrogens with zero attached hydrogens (tertiary/aromatic N) is 3. The van der Waals surface area contributed by atoms with Crippen LogP contribution in [0.4, 0.5) is 0 Å². The Kier molecular flexibility index (Phi) is 5.14. The molecule has 112 valence electrons. The quantitative estimate of drug-likeness (QED) is 0.853. The van der Waals surface area contributed by atoms with Gasteiger partial charge < -0.3 is 4.90 Å². The summed E-state index contributed by atoms with van der Waals surface area (Å²) in [4.78, 5) is 22.8. The molecule has 0 spiro atoms. The first-order valence-electron chi connectivity index (χ1n) is 6.85. The van der Waals surface area contributed by atoms with Gasteiger partial charge in [0.2, 0.25) is 0 Å². The van der Waals surface area contributed by atoms with Crippen molar-refractivity contribution in [3.8, 4) is 0 Å². The molecule has 0 aliphatic heterocycles. The van der Waals surface area contributed by atoms with Gasteiger partial charge in [-0.1, -0.05) is 46.2 Å². The Bertz CT molecular complexity index is 494. The smallest absolute Gasteiger partial charge is 0.274 e. The second kappa shape index (κ2) is 6.08. The lowest BCUT2D eigenvalue weighted by molar-refractivity contribution is 0.0623. The Labute approximate surface area is 126 Å². The maximum absolute atomic E-state index is 12.6. The highest BCUT2D eigenvalue weighted by Crippen LogP contribution is 2.25. The second-order valence-corrected chi connectivity index (χ2v) is 6.94. The number of amides is 1. The van der Waals surface area contributed by atoms with Gasteiger partial charge in [0.25, 0.3) is 5.91 Å². The molecule has 0 saturated heterocycles. The van der Waals surface area contributed by atoms with Crippen LogP contribution in [0, 0.1) is 5.41 Å². The van der Waals surface area contributed by atoms with Crippen molar-refractivity contribution in [3.63, 3.8) is 0 Å². The van der Waals surface area contributed by atoms with Gasteiger partial charge in [-0.05, 0) is 12.3 Å². The summed E-state index contributed by atoms with van der Waals surface area (Å²) in [6.07, 6.45) is 1.51. The lowest BCUT2D eigenvalue weighted by Crippen LogP contribution is -2.43. The first-order chi connectivity index (χ1) is 9.05. The van der Waals surface area contributed by atoms with Gasteiger partial charge in [0.1, 0.15) is 5.82 Å². The van der Waals surface area contributed by atoms with E-state index in [1.165, 1.54) is 6.20 Å². The molecule has 1 unspecified atom stereocenters. The van der Waals surface area contributed by atoms with Gasteiger partial charge in [-0.15, -0.1) is 0 Å². The number of carbonyl (C=O) groups is 1. The van der Waals surface area contributed by atoms with Crippen LogP contribution >= 0.6 is 11.6 Å². The number of halogens is 1. The standard InChI is InChI=1S/C15H24ClN3O/c1-9(2)13-17-8-11(16)12(18-13)14(20)19(7)10(3)15(4,5)6/h8-10H,1-7H3. The summed E-state index contributed by atoms with van der Waals surface area (Å²) in [6, 6.07) is 0.0727. The number of aromatic nitrogens is 2. The summed E-state index contributed by atoms with van der Waals surface area (Å²) in [6.45, 7) is 12.3. The molecule has 1 atom stereocenters. The molecule has 5 heteroatoms. The Morgan fingerprint density at radius 2 is 1.85 bits per heavy atom. The highest BCUT2D eigenvalue weighted by atomic mass is 35.5. The lowest BCUT2D eigenvalue weighted by atomic mass is 9.87. The molecule has 0 aliphatic rings. The summed E-state index contributed by atoms with van der Waals surface area (Å²) in [5.74, 6) is 0.625. The van der Waals surface area contributed by atoms with Gasteiger partial charge in [-0.25, -0.2) is 9.97 Å². The molecule has 0 saturated carbocycles. The molecule has 1 rings (SSSR count). The molecule has 0 aliphatic carbocycles. The van der Waals surface area contributed by atoms with Gasteiger partial charge in [0.05, 0.1) is 11.2 Å². The van der Waals surface area contributed by atoms with Gasteiger partial charge >= 0.3 is 0 Å². The van der Waals surface area contributed by atoms with E-state index >= 15 is 0 Å². The van der Waals surface area contributed by atoms with E-state index in [1.54, 1.807) is 11.9 Å². The number of carbonyl (C=O) groups excluding carboxylic acids is 1. The van der Waals surface area contributed by atoms with E-state index in [2.05, 4.69) is 30.7 Å². The highest BCUT2D eigenvalue weighted by molar-refractivity contribution is 6.33. The van der Waals surface area contributed by atoms with Crippen molar-refractivity contribution in [1.82, 2.24) is 14.9 Å². The minimum absolute atomic E-state index is 0.00913. The average Bonchev–Trinajstić information content (AvgIpc) is 2.35. The Balaban J connectivity index is 3.11. The van der Waals surface area contributed by atoms with Crippen molar-refractivity contribution in [2.45, 2.75) is 53.5 Å². The van der Waals surface area contributed by atoms with E-state index in [4.69, 9.17) is 11.6 Å². The summed E-state index contributed by atoms with van der Waals surface area (Å²) in [5.41, 5.74) is 0.272. The van der Waals surface area contributed by atoms with Crippen LogP contribution in [0.25, 0.3) is 0 Å². The van der Waals surface area contributed by atoms with E-state index in [0.29, 0.717) is 10.8 Å². The Morgan fingerprint density at radius 1 is 1.30 bits per heavy atom. The first-order valence-corrected chi connectivity index (χ1v) is 7.23. The third-order valence-corrected chi connectivity index (χ3v) is 3.91. The Morgan fingerprint density at radius 3 is 2.30 bits per heavy atom. The van der Waals surface area contributed by atoms with E-state index < -0.39 is 0 Å². The molecule has 20 heavy (non-hydrogen) atoms. The minimum atomic E-state index is -0.165. The van der Waals surface area contributed by atoms with Crippen LogP contribution in [0.2, 0.25) is 5.02 Å². The first kappa shape index (κ1) is 16.9.